The number of carbonyl (C=O) groups is 9. The summed E-state index contributed by atoms with van der Waals surface area (Å²) in [5.41, 5.74) is 7.04. The van der Waals surface area contributed by atoms with Crippen molar-refractivity contribution in [2.45, 2.75) is 206 Å². The molecule has 3 saturated heterocycles. The number of ether oxygens (including phenoxy) is 9. The lowest BCUT2D eigenvalue weighted by Gasteiger charge is -2.46. The topological polar surface area (TPSA) is 706 Å². The van der Waals surface area contributed by atoms with E-state index >= 15 is 24.0 Å². The molecule has 8 aliphatic rings. The van der Waals surface area contributed by atoms with Crippen LogP contribution in [0.15, 0.2) is 121 Å². The number of phenolic OH excluding ortho intramolecular Hbond substituents is 3. The largest absolute Gasteiger partial charge is 0.573 e. The number of hydrogen-bond acceptors (Lipinski definition) is 35. The van der Waals surface area contributed by atoms with Crippen molar-refractivity contribution in [3.63, 3.8) is 0 Å². The van der Waals surface area contributed by atoms with Gasteiger partial charge < -0.3 is 169 Å². The number of anilines is 1. The van der Waals surface area contributed by atoms with Gasteiger partial charge >= 0.3 is 12.3 Å². The number of nitrogens with two attached hydrogens (primary N) is 2. The molecule has 0 aliphatic carbocycles. The molecule has 8 heterocycles. The van der Waals surface area contributed by atoms with Crippen LogP contribution in [0.1, 0.15) is 127 Å². The summed E-state index contributed by atoms with van der Waals surface area (Å²) >= 11 is 14.5. The van der Waals surface area contributed by atoms with Crippen molar-refractivity contribution >= 4 is 92.2 Å². The Kier molecular flexibility index (Phi) is 33.3. The fourth-order valence-corrected chi connectivity index (χ4v) is 17.7. The minimum Gasteiger partial charge on any atom is -0.507 e. The van der Waals surface area contributed by atoms with Crippen LogP contribution in [0, 0.1) is 5.92 Å². The van der Waals surface area contributed by atoms with Gasteiger partial charge in [-0.05, 0) is 146 Å². The van der Waals surface area contributed by atoms with E-state index < -0.39 is 343 Å². The highest BCUT2D eigenvalue weighted by molar-refractivity contribution is 7.85. The monoisotopic (exact) mass is 2040 g/mol. The molecule has 7 aromatic rings. The van der Waals surface area contributed by atoms with E-state index in [-0.39, 0.29) is 47.8 Å². The molecule has 3 fully saturated rings. The molecule has 27 N–H and O–H groups in total. The van der Waals surface area contributed by atoms with E-state index in [1.54, 1.807) is 19.9 Å². The molecule has 8 amide bonds. The number of carbonyl (C=O) groups excluding carboxylic acids is 8. The van der Waals surface area contributed by atoms with Gasteiger partial charge in [-0.1, -0.05) is 73.4 Å². The third kappa shape index (κ3) is 25.0. The minimum absolute atomic E-state index is 0.0718. The Morgan fingerprint density at radius 1 is 0.674 bits per heavy atom. The Labute approximate surface area is 809 Å². The van der Waals surface area contributed by atoms with E-state index in [1.165, 1.54) is 51.2 Å². The number of amides is 8. The number of aliphatic hydroxyl groups excluding tert-OH is 8. The van der Waals surface area contributed by atoms with Crippen molar-refractivity contribution in [2.24, 2.45) is 17.4 Å². The van der Waals surface area contributed by atoms with Crippen LogP contribution >= 0.6 is 23.2 Å². The SMILES string of the molecule is CN[C@H](CC(C)C)C(=O)NC1C(=O)NC(CC(N)=O)C(=O)N[C@H]2C(=O)NC3C(=O)N[C@H](C(=O)NC(C(=O)O)c4cc(O)c(CNCCS(=O)(=O)O)c(O)c4-c4cc3ccc4O)[C@H](O[C@H]3C[C@](C)(N)[C@@H](O)[C@H](C)O3)c3ccc(c(Cl)c3)Oc3cc2cc(c3O[C@@H]2O[C@H](CO)[C@@H](O[C@@H]3O[C@H](CNCc4cccc(NC(=O)c5cccc(OC(F)(F)F)c5)c4)[C@H](O)[C@H](O)[C@H]3O)[C@H](O)[C@H]2O)Oc2ccc(cc2Cl)[C@H]1O. The van der Waals surface area contributed by atoms with Gasteiger partial charge in [0.15, 0.2) is 30.1 Å². The van der Waals surface area contributed by atoms with Gasteiger partial charge in [0.05, 0.1) is 52.6 Å². The number of carboxylic acid groups (broad SMARTS) is 1. The lowest BCUT2D eigenvalue weighted by Crippen LogP contribution is -2.65. The third-order valence-electron chi connectivity index (χ3n) is 24.0. The zero-order valence-electron chi connectivity index (χ0n) is 75.1. The van der Waals surface area contributed by atoms with Crippen molar-refractivity contribution < 1.29 is 173 Å². The van der Waals surface area contributed by atoms with E-state index in [1.807, 2.05) is 0 Å². The van der Waals surface area contributed by atoms with Crippen LogP contribution in [-0.2, 0) is 85.2 Å². The number of likely N-dealkylation sites (N-methyl/N-ethyl adjacent to an activating group) is 1. The highest BCUT2D eigenvalue weighted by atomic mass is 35.5. The second kappa shape index (κ2) is 44.2. The van der Waals surface area contributed by atoms with Gasteiger partial charge in [-0.25, -0.2) is 4.79 Å². The fourth-order valence-electron chi connectivity index (χ4n) is 16.8. The minimum atomic E-state index is -5.05. The highest BCUT2D eigenvalue weighted by Crippen LogP contribution is 2.51. The maximum atomic E-state index is 16.6. The Balaban J connectivity index is 0.945. The number of primary amides is 1. The first-order chi connectivity index (χ1) is 66.5. The van der Waals surface area contributed by atoms with Crippen LogP contribution in [0.5, 0.6) is 51.7 Å². The van der Waals surface area contributed by atoms with Gasteiger partial charge in [-0.3, -0.25) is 42.9 Å². The number of carboxylic acids is 1. The Hall–Kier alpha value is -12.0. The van der Waals surface area contributed by atoms with Crippen LogP contribution in [-0.4, -0.2) is 276 Å². The van der Waals surface area contributed by atoms with Gasteiger partial charge in [0.2, 0.25) is 53.4 Å². The quantitative estimate of drug-likeness (QED) is 0.0251. The molecule has 141 heavy (non-hydrogen) atoms. The number of halogens is 5. The van der Waals surface area contributed by atoms with E-state index in [2.05, 4.69) is 57.9 Å². The number of rotatable bonds is 27. The highest BCUT2D eigenvalue weighted by Gasteiger charge is 2.54. The molecule has 15 rings (SSSR count). The number of nitrogens with one attached hydrogen (secondary N) is 10. The number of fused-ring (bicyclic) bond motifs is 15. The van der Waals surface area contributed by atoms with Crippen LogP contribution in [0.3, 0.4) is 0 Å². The summed E-state index contributed by atoms with van der Waals surface area (Å²) in [7, 11) is -3.22. The average Bonchev–Trinajstić information content (AvgIpc) is 0.766. The van der Waals surface area contributed by atoms with E-state index in [0.29, 0.717) is 5.56 Å². The molecule has 4 unspecified atom stereocenters. The van der Waals surface area contributed by atoms with E-state index in [0.717, 1.165) is 84.9 Å². The molecule has 0 spiro atoms. The maximum Gasteiger partial charge on any atom is 0.573 e. The Morgan fingerprint density at radius 2 is 1.31 bits per heavy atom. The predicted molar refractivity (Wildman–Crippen MR) is 482 cm³/mol. The first-order valence-corrected chi connectivity index (χ1v) is 46.1. The van der Waals surface area contributed by atoms with Crippen molar-refractivity contribution in [1.82, 2.24) is 47.9 Å². The van der Waals surface area contributed by atoms with Crippen LogP contribution in [0.25, 0.3) is 11.1 Å². The van der Waals surface area contributed by atoms with Crippen molar-refractivity contribution in [3.8, 4) is 62.9 Å². The molecular weight excluding hydrogens is 1940 g/mol. The number of aliphatic carboxylic acids is 1. The first kappa shape index (κ1) is 106. The summed E-state index contributed by atoms with van der Waals surface area (Å²) in [5.74, 6) is -20.6. The maximum absolute atomic E-state index is 16.6. The number of aliphatic hydroxyl groups is 8. The summed E-state index contributed by atoms with van der Waals surface area (Å²) in [6.45, 7) is 3.49. The van der Waals surface area contributed by atoms with Crippen molar-refractivity contribution in [2.75, 3.05) is 37.8 Å². The van der Waals surface area contributed by atoms with Gasteiger partial charge in [0, 0.05) is 66.1 Å². The zero-order valence-corrected chi connectivity index (χ0v) is 77.4. The second-order valence-electron chi connectivity index (χ2n) is 34.9. The van der Waals surface area contributed by atoms with Crippen LogP contribution < -0.4 is 83.6 Å². The van der Waals surface area contributed by atoms with Crippen molar-refractivity contribution in [3.05, 3.63) is 176 Å². The van der Waals surface area contributed by atoms with Gasteiger partial charge in [-0.15, -0.1) is 13.2 Å². The second-order valence-corrected chi connectivity index (χ2v) is 37.3. The fraction of sp³-hybridized carbons (Fsp3) is 0.433. The average molecular weight is 2040 g/mol. The first-order valence-electron chi connectivity index (χ1n) is 43.7. The summed E-state index contributed by atoms with van der Waals surface area (Å²) in [4.78, 5) is 135. The molecule has 8 aliphatic heterocycles. The molecule has 0 saturated carbocycles. The number of phenols is 3. The molecule has 762 valence electrons. The standard InChI is InChI=1S/C90H103Cl2F3N12O33S/c1-35(2)20-50(98-5)80(121)106-66-68(112)39-13-16-54(48(91)24-39)133-56-26-42-27-57(76(56)138-88-74(118)72(116)77(59(34-108)136-88)139-87-73(117)71(115)70(114)58(135-87)33-100-31-37-8-6-10-43(21-37)101-79(120)41-9-7-11-44(22-41)140-90(93,94)95)134-55-17-14-40(25-49(55)92)75(137-61-30-89(4,97)78(119)36(3)132-61)67-85(126)105-65(86(127)128)46-28-53(110)47(32-99-18-19-141(129,130)131)69(113)62(46)45-23-38(12-15-52(45)109)63(82(123)107-67)104-83(124)64(42)103-81(122)51(29-60(96)111)102-84(66)125/h6-17,21-28,35-36,50-51,58-59,61,63-68,70-75,77-78,87-88,98-100,108-110,112-119H,18-20,29-34,97H2,1-5H3,(H2,96,111)(H,101,120)(H,102,125)(H,103,122)(H,104,124)(H,105,126)(H,106,121)(H,107,123)(H,127,128)(H,129,130,131)/t36-,50+,51?,58+,59+,61-,63?,64+,65?,66?,67-,68+,70-,71-,72+,73+,74+,75+,77+,78-,87-,88-,89-/m0/s1. The third-order valence-corrected chi connectivity index (χ3v) is 25.3. The molecule has 11 bridgehead atoms. The molecule has 23 atom stereocenters. The zero-order chi connectivity index (χ0) is 103. The van der Waals surface area contributed by atoms with E-state index in [4.69, 9.17) is 72.6 Å². The normalized spacial score (nSPS) is 27.9. The lowest BCUT2D eigenvalue weighted by molar-refractivity contribution is -0.350. The van der Waals surface area contributed by atoms with Gasteiger partial charge in [-0.2, -0.15) is 8.42 Å². The predicted octanol–water partition coefficient (Wildman–Crippen LogP) is 0.856. The summed E-state index contributed by atoms with van der Waals surface area (Å²) < 4.78 is 127. The van der Waals surface area contributed by atoms with Gasteiger partial charge in [0.1, 0.15) is 126 Å². The molecule has 45 nitrogen and oxygen atoms in total. The molecule has 0 aromatic heterocycles. The molecular formula is C90H103Cl2F3N12O33S. The smallest absolute Gasteiger partial charge is 0.507 e. The number of hydrogen-bond donors (Lipinski definition) is 25. The number of alkyl halides is 3. The van der Waals surface area contributed by atoms with Crippen molar-refractivity contribution in [1.29, 1.82) is 0 Å². The number of aromatic hydroxyl groups is 3. The van der Waals surface area contributed by atoms with E-state index in [9.17, 15) is 107 Å². The summed E-state index contributed by atoms with van der Waals surface area (Å²) in [6.07, 6.45) is -36.0. The van der Waals surface area contributed by atoms with Gasteiger partial charge in [0.25, 0.3) is 16.0 Å². The Bertz CT molecular complexity index is 6000. The van der Waals surface area contributed by atoms with Crippen LogP contribution in [0.2, 0.25) is 10.0 Å². The molecule has 0 radical (unpaired) electrons. The summed E-state index contributed by atoms with van der Waals surface area (Å²) in [5, 5.41) is 167. The number of benzene rings is 7. The molecule has 7 aromatic carbocycles. The molecule has 51 heteroatoms. The Morgan fingerprint density at radius 3 is 1.95 bits per heavy atom. The van der Waals surface area contributed by atoms with Crippen LogP contribution in [0.4, 0.5) is 18.9 Å². The lowest BCUT2D eigenvalue weighted by atomic mass is 9.86. The summed E-state index contributed by atoms with van der Waals surface area (Å²) in [6, 6.07) is 7.05.